The van der Waals surface area contributed by atoms with Crippen molar-refractivity contribution in [3.8, 4) is 0 Å². The highest BCUT2D eigenvalue weighted by Crippen LogP contribution is 2.25. The van der Waals surface area contributed by atoms with E-state index in [4.69, 9.17) is 10.5 Å². The van der Waals surface area contributed by atoms with Crippen LogP contribution < -0.4 is 11.1 Å². The second-order valence-corrected chi connectivity index (χ2v) is 3.97. The van der Waals surface area contributed by atoms with Crippen LogP contribution >= 0.6 is 0 Å². The first-order valence-corrected chi connectivity index (χ1v) is 5.75. The summed E-state index contributed by atoms with van der Waals surface area (Å²) in [5, 5.41) is 3.25. The van der Waals surface area contributed by atoms with E-state index in [1.807, 2.05) is 0 Å². The molecular weight excluding hydrogens is 249 g/mol. The molecule has 3 N–H and O–H groups in total. The second-order valence-electron chi connectivity index (χ2n) is 3.97. The molecule has 0 spiro atoms. The Morgan fingerprint density at radius 2 is 2.26 bits per heavy atom. The fraction of sp³-hybridized carbons (Fsp3) is 0.231. The van der Waals surface area contributed by atoms with Crippen LogP contribution in [0.3, 0.4) is 0 Å². The lowest BCUT2D eigenvalue weighted by molar-refractivity contribution is 0.0934. The van der Waals surface area contributed by atoms with Crippen LogP contribution in [0.5, 0.6) is 0 Å². The van der Waals surface area contributed by atoms with Crippen molar-refractivity contribution in [1.29, 1.82) is 0 Å². The lowest BCUT2D eigenvalue weighted by Gasteiger charge is -2.09. The average Bonchev–Trinajstić information content (AvgIpc) is 2.42. The minimum absolute atomic E-state index is 0.116. The van der Waals surface area contributed by atoms with Gasteiger partial charge in [0.1, 0.15) is 11.5 Å². The van der Waals surface area contributed by atoms with Crippen LogP contribution in [0.1, 0.15) is 10.5 Å². The molecule has 0 saturated heterocycles. The molecule has 19 heavy (non-hydrogen) atoms. The summed E-state index contributed by atoms with van der Waals surface area (Å²) in [4.78, 5) is 16.0. The number of rotatable bonds is 4. The summed E-state index contributed by atoms with van der Waals surface area (Å²) in [5.74, 6) is -0.836. The molecule has 0 saturated carbocycles. The average molecular weight is 263 g/mol. The number of carbonyl (C=O) groups excluding carboxylic acids is 1. The van der Waals surface area contributed by atoms with Crippen molar-refractivity contribution in [3.63, 3.8) is 0 Å². The zero-order valence-corrected chi connectivity index (χ0v) is 10.4. The summed E-state index contributed by atoms with van der Waals surface area (Å²) in [7, 11) is 1.54. The molecule has 0 radical (unpaired) electrons. The minimum atomic E-state index is -0.433. The molecule has 0 fully saturated rings. The number of nitrogens with one attached hydrogen (secondary N) is 1. The van der Waals surface area contributed by atoms with E-state index in [0.29, 0.717) is 24.2 Å². The molecule has 0 bridgehead atoms. The van der Waals surface area contributed by atoms with E-state index in [9.17, 15) is 9.18 Å². The summed E-state index contributed by atoms with van der Waals surface area (Å²) in [6.07, 6.45) is 1.39. The number of halogens is 1. The number of hydrogen-bond acceptors (Lipinski definition) is 4. The Labute approximate surface area is 109 Å². The zero-order chi connectivity index (χ0) is 13.8. The van der Waals surface area contributed by atoms with Crippen molar-refractivity contribution in [2.75, 3.05) is 26.0 Å². The predicted octanol–water partition coefficient (Wildman–Crippen LogP) is 1.33. The number of pyridine rings is 1. The quantitative estimate of drug-likeness (QED) is 0.644. The normalized spacial score (nSPS) is 10.6. The van der Waals surface area contributed by atoms with Gasteiger partial charge >= 0.3 is 0 Å². The number of amides is 1. The number of methoxy groups -OCH3 is 1. The van der Waals surface area contributed by atoms with Crippen molar-refractivity contribution in [3.05, 3.63) is 35.9 Å². The lowest BCUT2D eigenvalue weighted by Crippen LogP contribution is -2.28. The maximum atomic E-state index is 13.7. The van der Waals surface area contributed by atoms with E-state index in [-0.39, 0.29) is 11.1 Å². The number of ether oxygens (including phenoxy) is 1. The van der Waals surface area contributed by atoms with Crippen LogP contribution in [0.25, 0.3) is 10.8 Å². The highest BCUT2D eigenvalue weighted by Gasteiger charge is 2.15. The number of hydrogen-bond donors (Lipinski definition) is 2. The number of nitrogens with two attached hydrogens (primary N) is 1. The number of benzene rings is 1. The molecule has 1 amide bonds. The van der Waals surface area contributed by atoms with E-state index in [1.165, 1.54) is 31.5 Å². The Morgan fingerprint density at radius 1 is 1.47 bits per heavy atom. The largest absolute Gasteiger partial charge is 0.398 e. The number of anilines is 1. The number of aromatic nitrogens is 1. The third kappa shape index (κ3) is 2.63. The Bertz CT molecular complexity index is 616. The molecule has 1 heterocycles. The van der Waals surface area contributed by atoms with Gasteiger partial charge in [0.2, 0.25) is 0 Å². The molecule has 6 heteroatoms. The first kappa shape index (κ1) is 13.2. The maximum absolute atomic E-state index is 13.7. The smallest absolute Gasteiger partial charge is 0.270 e. The molecule has 0 unspecified atom stereocenters. The van der Waals surface area contributed by atoms with Gasteiger partial charge in [-0.05, 0) is 18.2 Å². The van der Waals surface area contributed by atoms with Crippen LogP contribution in [0.15, 0.2) is 24.4 Å². The molecule has 0 aliphatic carbocycles. The van der Waals surface area contributed by atoms with Crippen molar-refractivity contribution >= 4 is 22.4 Å². The van der Waals surface area contributed by atoms with E-state index < -0.39 is 11.7 Å². The van der Waals surface area contributed by atoms with E-state index >= 15 is 0 Å². The van der Waals surface area contributed by atoms with Gasteiger partial charge in [0.15, 0.2) is 0 Å². The summed E-state index contributed by atoms with van der Waals surface area (Å²) in [5.41, 5.74) is 6.24. The highest BCUT2D eigenvalue weighted by atomic mass is 19.1. The van der Waals surface area contributed by atoms with Gasteiger partial charge in [-0.3, -0.25) is 9.78 Å². The molecule has 1 aromatic heterocycles. The molecule has 100 valence electrons. The van der Waals surface area contributed by atoms with E-state index in [0.717, 1.165) is 0 Å². The fourth-order valence-electron chi connectivity index (χ4n) is 1.81. The topological polar surface area (TPSA) is 77.2 Å². The maximum Gasteiger partial charge on any atom is 0.270 e. The summed E-state index contributed by atoms with van der Waals surface area (Å²) in [6.45, 7) is 0.739. The van der Waals surface area contributed by atoms with E-state index in [2.05, 4.69) is 10.3 Å². The van der Waals surface area contributed by atoms with Gasteiger partial charge in [0, 0.05) is 36.3 Å². The van der Waals surface area contributed by atoms with E-state index in [1.54, 1.807) is 0 Å². The highest BCUT2D eigenvalue weighted by molar-refractivity contribution is 6.09. The van der Waals surface area contributed by atoms with Crippen LogP contribution in [-0.4, -0.2) is 31.2 Å². The zero-order valence-electron chi connectivity index (χ0n) is 10.4. The van der Waals surface area contributed by atoms with Crippen LogP contribution in [-0.2, 0) is 4.74 Å². The summed E-state index contributed by atoms with van der Waals surface area (Å²) in [6, 6.07) is 4.18. The number of fused-ring (bicyclic) bond motifs is 1. The lowest BCUT2D eigenvalue weighted by atomic mass is 10.1. The van der Waals surface area contributed by atoms with Crippen LogP contribution in [0.2, 0.25) is 0 Å². The second kappa shape index (κ2) is 5.62. The van der Waals surface area contributed by atoms with Gasteiger partial charge in [0.05, 0.1) is 6.61 Å². The molecule has 0 aliphatic heterocycles. The Hall–Kier alpha value is -2.21. The number of carbonyl (C=O) groups is 1. The SMILES string of the molecule is COCCNC(=O)c1nccc2c(F)ccc(N)c12. The third-order valence-electron chi connectivity index (χ3n) is 2.71. The van der Waals surface area contributed by atoms with Crippen LogP contribution in [0, 0.1) is 5.82 Å². The minimum Gasteiger partial charge on any atom is -0.398 e. The van der Waals surface area contributed by atoms with Crippen molar-refractivity contribution in [2.24, 2.45) is 0 Å². The van der Waals surface area contributed by atoms with Gasteiger partial charge < -0.3 is 15.8 Å². The fourth-order valence-corrected chi connectivity index (χ4v) is 1.81. The monoisotopic (exact) mass is 263 g/mol. The number of nitrogen functional groups attached to an aromatic ring is 1. The van der Waals surface area contributed by atoms with Gasteiger partial charge in [0.25, 0.3) is 5.91 Å². The standard InChI is InChI=1S/C13H14FN3O2/c1-19-7-6-17-13(18)12-11-8(4-5-16-12)9(14)2-3-10(11)15/h2-5H,6-7,15H2,1H3,(H,17,18). The summed E-state index contributed by atoms with van der Waals surface area (Å²) < 4.78 is 18.5. The van der Waals surface area contributed by atoms with Gasteiger partial charge in [-0.1, -0.05) is 0 Å². The first-order valence-electron chi connectivity index (χ1n) is 5.75. The van der Waals surface area contributed by atoms with Gasteiger partial charge in [-0.25, -0.2) is 4.39 Å². The Balaban J connectivity index is 2.43. The molecule has 1 aromatic carbocycles. The van der Waals surface area contributed by atoms with Gasteiger partial charge in [-0.15, -0.1) is 0 Å². The van der Waals surface area contributed by atoms with Crippen molar-refractivity contribution in [2.45, 2.75) is 0 Å². The van der Waals surface area contributed by atoms with Gasteiger partial charge in [-0.2, -0.15) is 0 Å². The Morgan fingerprint density at radius 3 is 3.00 bits per heavy atom. The van der Waals surface area contributed by atoms with Crippen molar-refractivity contribution < 1.29 is 13.9 Å². The molecule has 5 nitrogen and oxygen atoms in total. The predicted molar refractivity (Wildman–Crippen MR) is 70.3 cm³/mol. The molecule has 2 rings (SSSR count). The Kier molecular flexibility index (Phi) is 3.91. The molecule has 2 aromatic rings. The summed E-state index contributed by atoms with van der Waals surface area (Å²) >= 11 is 0. The third-order valence-corrected chi connectivity index (χ3v) is 2.71. The molecule has 0 aliphatic rings. The molecular formula is C13H14FN3O2. The number of nitrogens with zero attached hydrogens (tertiary/aromatic N) is 1. The van der Waals surface area contributed by atoms with Crippen molar-refractivity contribution in [1.82, 2.24) is 10.3 Å². The van der Waals surface area contributed by atoms with Crippen LogP contribution in [0.4, 0.5) is 10.1 Å². The molecule has 0 atom stereocenters. The first-order chi connectivity index (χ1) is 9.15.